The third kappa shape index (κ3) is 3.07. The van der Waals surface area contributed by atoms with Gasteiger partial charge in [0.2, 0.25) is 5.91 Å². The normalized spacial score (nSPS) is 24.1. The molecular weight excluding hydrogens is 312 g/mol. The summed E-state index contributed by atoms with van der Waals surface area (Å²) in [4.78, 5) is 29.9. The number of carbonyl (C=O) groups is 2. The Labute approximate surface area is 150 Å². The zero-order chi connectivity index (χ0) is 17.3. The summed E-state index contributed by atoms with van der Waals surface area (Å²) in [5.74, 6) is 0.483. The molecule has 3 aliphatic rings. The highest BCUT2D eigenvalue weighted by molar-refractivity contribution is 5.94. The van der Waals surface area contributed by atoms with E-state index in [4.69, 9.17) is 0 Å². The molecule has 4 heteroatoms. The fourth-order valence-electron chi connectivity index (χ4n) is 4.95. The third-order valence-corrected chi connectivity index (χ3v) is 6.59. The number of carbonyl (C=O) groups excluding carboxylic acids is 2. The molecule has 0 radical (unpaired) electrons. The van der Waals surface area contributed by atoms with E-state index in [1.54, 1.807) is 0 Å². The summed E-state index contributed by atoms with van der Waals surface area (Å²) in [6.45, 7) is 2.34. The molecule has 0 N–H and O–H groups in total. The molecule has 1 saturated carbocycles. The van der Waals surface area contributed by atoms with E-state index in [0.717, 1.165) is 31.4 Å². The highest BCUT2D eigenvalue weighted by atomic mass is 16.2. The molecule has 2 aliphatic heterocycles. The summed E-state index contributed by atoms with van der Waals surface area (Å²) < 4.78 is 0. The van der Waals surface area contributed by atoms with Crippen molar-refractivity contribution in [2.24, 2.45) is 5.41 Å². The van der Waals surface area contributed by atoms with Crippen molar-refractivity contribution in [3.05, 3.63) is 35.9 Å². The Hall–Kier alpha value is -1.84. The van der Waals surface area contributed by atoms with Gasteiger partial charge in [0.05, 0.1) is 5.41 Å². The van der Waals surface area contributed by atoms with Gasteiger partial charge in [-0.2, -0.15) is 0 Å². The highest BCUT2D eigenvalue weighted by Gasteiger charge is 2.50. The molecule has 2 amide bonds. The lowest BCUT2D eigenvalue weighted by Crippen LogP contribution is -2.48. The molecule has 2 saturated heterocycles. The van der Waals surface area contributed by atoms with Gasteiger partial charge < -0.3 is 9.80 Å². The predicted molar refractivity (Wildman–Crippen MR) is 97.2 cm³/mol. The Balaban J connectivity index is 1.39. The van der Waals surface area contributed by atoms with Crippen LogP contribution in [0.25, 0.3) is 0 Å². The van der Waals surface area contributed by atoms with E-state index >= 15 is 0 Å². The Bertz CT molecular complexity index is 629. The minimum absolute atomic E-state index is 0.102. The molecule has 0 aromatic heterocycles. The van der Waals surface area contributed by atoms with Gasteiger partial charge in [0.25, 0.3) is 5.91 Å². The third-order valence-electron chi connectivity index (χ3n) is 6.59. The molecule has 2 heterocycles. The molecule has 1 aromatic carbocycles. The maximum atomic E-state index is 13.2. The van der Waals surface area contributed by atoms with Gasteiger partial charge in [-0.05, 0) is 44.2 Å². The Kier molecular flexibility index (Phi) is 4.53. The summed E-state index contributed by atoms with van der Waals surface area (Å²) in [5, 5.41) is 0. The number of nitrogens with zero attached hydrogens (tertiary/aromatic N) is 2. The fourth-order valence-corrected chi connectivity index (χ4v) is 4.95. The van der Waals surface area contributed by atoms with Crippen molar-refractivity contribution in [3.8, 4) is 0 Å². The molecule has 1 aromatic rings. The van der Waals surface area contributed by atoms with E-state index in [1.807, 2.05) is 35.2 Å². The minimum atomic E-state index is -0.190. The fraction of sp³-hybridized carbons (Fsp3) is 0.619. The van der Waals surface area contributed by atoms with Crippen LogP contribution in [0, 0.1) is 5.41 Å². The SMILES string of the molecule is O=C(c1ccccc1)N1CCC2(CC1)CCN(C1CCCCC1)C2=O. The minimum Gasteiger partial charge on any atom is -0.339 e. The van der Waals surface area contributed by atoms with Gasteiger partial charge in [-0.15, -0.1) is 0 Å². The van der Waals surface area contributed by atoms with E-state index in [-0.39, 0.29) is 11.3 Å². The monoisotopic (exact) mass is 340 g/mol. The van der Waals surface area contributed by atoms with E-state index in [0.29, 0.717) is 25.0 Å². The number of likely N-dealkylation sites (tertiary alicyclic amines) is 2. The lowest BCUT2D eigenvalue weighted by atomic mass is 9.77. The second-order valence-electron chi connectivity index (χ2n) is 7.98. The molecule has 0 atom stereocenters. The van der Waals surface area contributed by atoms with Crippen LogP contribution in [0.15, 0.2) is 30.3 Å². The van der Waals surface area contributed by atoms with Crippen molar-refractivity contribution < 1.29 is 9.59 Å². The average molecular weight is 340 g/mol. The molecule has 25 heavy (non-hydrogen) atoms. The Morgan fingerprint density at radius 3 is 2.24 bits per heavy atom. The number of amides is 2. The van der Waals surface area contributed by atoms with Gasteiger partial charge in [0.1, 0.15) is 0 Å². The number of piperidine rings is 1. The first-order valence-corrected chi connectivity index (χ1v) is 9.85. The molecule has 0 unspecified atom stereocenters. The number of hydrogen-bond donors (Lipinski definition) is 0. The highest BCUT2D eigenvalue weighted by Crippen LogP contribution is 2.43. The summed E-state index contributed by atoms with van der Waals surface area (Å²) in [6.07, 6.45) is 8.85. The van der Waals surface area contributed by atoms with Gasteiger partial charge in [-0.3, -0.25) is 9.59 Å². The molecular formula is C21H28N2O2. The van der Waals surface area contributed by atoms with Gasteiger partial charge in [0.15, 0.2) is 0 Å². The zero-order valence-corrected chi connectivity index (χ0v) is 15.0. The van der Waals surface area contributed by atoms with Gasteiger partial charge in [-0.1, -0.05) is 37.5 Å². The number of benzene rings is 1. The van der Waals surface area contributed by atoms with Crippen molar-refractivity contribution >= 4 is 11.8 Å². The van der Waals surface area contributed by atoms with E-state index in [9.17, 15) is 9.59 Å². The van der Waals surface area contributed by atoms with Crippen molar-refractivity contribution in [3.63, 3.8) is 0 Å². The van der Waals surface area contributed by atoms with Crippen molar-refractivity contribution in [2.75, 3.05) is 19.6 Å². The number of rotatable bonds is 2. The van der Waals surface area contributed by atoms with Gasteiger partial charge >= 0.3 is 0 Å². The van der Waals surface area contributed by atoms with Crippen LogP contribution in [-0.2, 0) is 4.79 Å². The quantitative estimate of drug-likeness (QED) is 0.827. The summed E-state index contributed by atoms with van der Waals surface area (Å²) in [5.41, 5.74) is 0.560. The summed E-state index contributed by atoms with van der Waals surface area (Å²) in [6, 6.07) is 9.96. The van der Waals surface area contributed by atoms with Crippen LogP contribution in [0.5, 0.6) is 0 Å². The first-order valence-electron chi connectivity index (χ1n) is 9.85. The molecule has 0 bridgehead atoms. The van der Waals surface area contributed by atoms with E-state index in [1.165, 1.54) is 32.1 Å². The maximum Gasteiger partial charge on any atom is 0.253 e. The lowest BCUT2D eigenvalue weighted by Gasteiger charge is -2.39. The molecule has 1 aliphatic carbocycles. The van der Waals surface area contributed by atoms with E-state index in [2.05, 4.69) is 4.90 Å². The predicted octanol–water partition coefficient (Wildman–Crippen LogP) is 3.47. The summed E-state index contributed by atoms with van der Waals surface area (Å²) >= 11 is 0. The average Bonchev–Trinajstić information content (AvgIpc) is 2.99. The van der Waals surface area contributed by atoms with Gasteiger partial charge in [0, 0.05) is 31.2 Å². The molecule has 3 fully saturated rings. The largest absolute Gasteiger partial charge is 0.339 e. The summed E-state index contributed by atoms with van der Waals surface area (Å²) in [7, 11) is 0. The van der Waals surface area contributed by atoms with Crippen LogP contribution in [-0.4, -0.2) is 47.3 Å². The van der Waals surface area contributed by atoms with Crippen molar-refractivity contribution in [2.45, 2.75) is 57.4 Å². The molecule has 134 valence electrons. The van der Waals surface area contributed by atoms with Crippen molar-refractivity contribution in [1.82, 2.24) is 9.80 Å². The topological polar surface area (TPSA) is 40.6 Å². The smallest absolute Gasteiger partial charge is 0.253 e. The van der Waals surface area contributed by atoms with Crippen LogP contribution in [0.2, 0.25) is 0 Å². The zero-order valence-electron chi connectivity index (χ0n) is 15.0. The molecule has 1 spiro atoms. The van der Waals surface area contributed by atoms with Crippen LogP contribution in [0.1, 0.15) is 61.7 Å². The molecule has 4 rings (SSSR count). The standard InChI is InChI=1S/C21H28N2O2/c24-19(17-7-3-1-4-8-17)22-14-11-21(12-15-22)13-16-23(20(21)25)18-9-5-2-6-10-18/h1,3-4,7-8,18H,2,5-6,9-16H2. The van der Waals surface area contributed by atoms with Crippen LogP contribution in [0.3, 0.4) is 0 Å². The number of hydrogen-bond acceptors (Lipinski definition) is 2. The van der Waals surface area contributed by atoms with Crippen LogP contribution >= 0.6 is 0 Å². The first-order chi connectivity index (χ1) is 12.2. The second-order valence-corrected chi connectivity index (χ2v) is 7.98. The molecule has 4 nitrogen and oxygen atoms in total. The first kappa shape index (κ1) is 16.6. The Morgan fingerprint density at radius 1 is 0.920 bits per heavy atom. The van der Waals surface area contributed by atoms with Crippen LogP contribution < -0.4 is 0 Å². The van der Waals surface area contributed by atoms with Crippen LogP contribution in [0.4, 0.5) is 0 Å². The second kappa shape index (κ2) is 6.81. The van der Waals surface area contributed by atoms with Crippen molar-refractivity contribution in [1.29, 1.82) is 0 Å². The maximum absolute atomic E-state index is 13.2. The van der Waals surface area contributed by atoms with Gasteiger partial charge in [-0.25, -0.2) is 0 Å². The van der Waals surface area contributed by atoms with E-state index < -0.39 is 0 Å². The Morgan fingerprint density at radius 2 is 1.56 bits per heavy atom. The lowest BCUT2D eigenvalue weighted by molar-refractivity contribution is -0.140.